The monoisotopic (exact) mass is 730 g/mol. The molecule has 6 rings (SSSR count). The second-order valence-corrected chi connectivity index (χ2v) is 15.4. The lowest BCUT2D eigenvalue weighted by molar-refractivity contribution is -0.130. The number of H-pyrrole nitrogens is 1. The van der Waals surface area contributed by atoms with Crippen molar-refractivity contribution in [2.45, 2.75) is 62.8 Å². The Labute approximate surface area is 301 Å². The number of aromatic nitrogens is 2. The molecule has 0 bridgehead atoms. The summed E-state index contributed by atoms with van der Waals surface area (Å²) in [5, 5.41) is 20.9. The van der Waals surface area contributed by atoms with Crippen molar-refractivity contribution in [2.75, 3.05) is 25.0 Å². The first-order chi connectivity index (χ1) is 25.0. The van der Waals surface area contributed by atoms with Crippen LogP contribution in [0.5, 0.6) is 0 Å². The second kappa shape index (κ2) is 15.9. The third kappa shape index (κ3) is 8.77. The van der Waals surface area contributed by atoms with E-state index in [0.29, 0.717) is 56.6 Å². The molecule has 1 aliphatic carbocycles. The third-order valence-electron chi connectivity index (χ3n) is 9.85. The molecule has 0 spiro atoms. The Morgan fingerprint density at radius 3 is 2.38 bits per heavy atom. The number of nitrogens with one attached hydrogen (secondary N) is 4. The van der Waals surface area contributed by atoms with Gasteiger partial charge >= 0.3 is 11.8 Å². The molecule has 1 aliphatic heterocycles. The number of sulfonamides is 1. The minimum Gasteiger partial charge on any atom is -0.465 e. The topological polar surface area (TPSA) is 204 Å². The maximum absolute atomic E-state index is 13.8. The number of nitrogens with zero attached hydrogens (tertiary/aromatic N) is 2. The highest BCUT2D eigenvalue weighted by Crippen LogP contribution is 2.31. The summed E-state index contributed by atoms with van der Waals surface area (Å²) in [6.45, 7) is 3.27. The minimum atomic E-state index is -3.63. The summed E-state index contributed by atoms with van der Waals surface area (Å²) in [7, 11) is -3.63. The summed E-state index contributed by atoms with van der Waals surface area (Å²) in [6.07, 6.45) is 3.28. The maximum atomic E-state index is 13.8. The molecular formula is C37H42N6O8S. The van der Waals surface area contributed by atoms with Gasteiger partial charge in [0.25, 0.3) is 0 Å². The van der Waals surface area contributed by atoms with E-state index in [2.05, 4.69) is 30.6 Å². The minimum absolute atomic E-state index is 0.146. The van der Waals surface area contributed by atoms with Crippen LogP contribution in [0.2, 0.25) is 0 Å². The molecule has 1 saturated carbocycles. The van der Waals surface area contributed by atoms with E-state index in [1.807, 2.05) is 31.2 Å². The first kappa shape index (κ1) is 36.5. The van der Waals surface area contributed by atoms with Crippen molar-refractivity contribution < 1.29 is 32.4 Å². The molecule has 2 heterocycles. The zero-order valence-corrected chi connectivity index (χ0v) is 29.6. The molecule has 274 valence electrons. The van der Waals surface area contributed by atoms with Crippen molar-refractivity contribution >= 4 is 33.6 Å². The van der Waals surface area contributed by atoms with Crippen LogP contribution < -0.4 is 21.7 Å². The summed E-state index contributed by atoms with van der Waals surface area (Å²) >= 11 is 0. The fraction of sp³-hybridized carbons (Fsp3) is 0.378. The summed E-state index contributed by atoms with van der Waals surface area (Å²) < 4.78 is 32.8. The number of rotatable bonds is 12. The lowest BCUT2D eigenvalue weighted by Crippen LogP contribution is -2.48. The number of hydrogen-bond acceptors (Lipinski definition) is 8. The molecule has 15 heteroatoms. The van der Waals surface area contributed by atoms with Gasteiger partial charge in [-0.05, 0) is 110 Å². The van der Waals surface area contributed by atoms with Gasteiger partial charge in [0.05, 0.1) is 4.90 Å². The van der Waals surface area contributed by atoms with E-state index in [1.54, 1.807) is 42.5 Å². The molecule has 1 aromatic heterocycles. The molecule has 14 nitrogen and oxygen atoms in total. The second-order valence-electron chi connectivity index (χ2n) is 13.5. The molecule has 0 radical (unpaired) electrons. The first-order valence-electron chi connectivity index (χ1n) is 17.4. The lowest BCUT2D eigenvalue weighted by Gasteiger charge is -2.29. The molecule has 1 saturated heterocycles. The normalized spacial score (nSPS) is 18.4. The Morgan fingerprint density at radius 2 is 1.71 bits per heavy atom. The number of amides is 3. The number of benzene rings is 3. The molecule has 3 aromatic carbocycles. The van der Waals surface area contributed by atoms with Crippen molar-refractivity contribution in [3.05, 3.63) is 88.4 Å². The summed E-state index contributed by atoms with van der Waals surface area (Å²) in [4.78, 5) is 52.5. The molecule has 4 aromatic rings. The standard InChI is InChI=1S/C37H42N6O8S/c1-23-7-16-30(52(49,50)43-17-2-3-18-43)21-31(23)28-6-4-5-25(19-28)20-32(40-34(44)27-10-8-24(9-11-27)22-38-36(46)47)35(45)39-29-14-12-26(13-15-29)33-41-37(48)51-42-33/h4-7,12-16,19,21,24,27,32,38H,2-3,8-11,17-18,20,22H2,1H3,(H,39,45)(H,40,44)(H,46,47)(H,41,42,48)/t24-,27-,32-/m0/s1. The van der Waals surface area contributed by atoms with Gasteiger partial charge in [-0.1, -0.05) is 35.5 Å². The van der Waals surface area contributed by atoms with Crippen LogP contribution in [0, 0.1) is 18.8 Å². The molecule has 2 fully saturated rings. The summed E-state index contributed by atoms with van der Waals surface area (Å²) in [6, 6.07) is 18.3. The van der Waals surface area contributed by atoms with E-state index in [1.165, 1.54) is 4.31 Å². The number of carboxylic acid groups (broad SMARTS) is 1. The van der Waals surface area contributed by atoms with Crippen molar-refractivity contribution in [3.63, 3.8) is 0 Å². The van der Waals surface area contributed by atoms with E-state index in [-0.39, 0.29) is 34.9 Å². The highest BCUT2D eigenvalue weighted by Gasteiger charge is 2.31. The molecule has 2 aliphatic rings. The van der Waals surface area contributed by atoms with Crippen LogP contribution in [0.1, 0.15) is 49.7 Å². The Hall–Kier alpha value is -5.28. The Kier molecular flexibility index (Phi) is 11.2. The molecule has 1 atom stereocenters. The Balaban J connectivity index is 1.21. The quantitative estimate of drug-likeness (QED) is 0.139. The smallest absolute Gasteiger partial charge is 0.439 e. The number of anilines is 1. The van der Waals surface area contributed by atoms with Crippen molar-refractivity contribution in [3.8, 4) is 22.5 Å². The van der Waals surface area contributed by atoms with Crippen LogP contribution in [-0.2, 0) is 26.0 Å². The van der Waals surface area contributed by atoms with E-state index < -0.39 is 33.8 Å². The molecular weight excluding hydrogens is 689 g/mol. The number of hydrogen-bond donors (Lipinski definition) is 5. The van der Waals surface area contributed by atoms with Gasteiger partial charge in [-0.2, -0.15) is 4.31 Å². The Bertz CT molecular complexity index is 2080. The van der Waals surface area contributed by atoms with Gasteiger partial charge in [0, 0.05) is 43.2 Å². The number of carbonyl (C=O) groups is 3. The highest BCUT2D eigenvalue weighted by atomic mass is 32.2. The summed E-state index contributed by atoms with van der Waals surface area (Å²) in [5.41, 5.74) is 4.24. The van der Waals surface area contributed by atoms with Crippen molar-refractivity contribution in [1.29, 1.82) is 0 Å². The molecule has 52 heavy (non-hydrogen) atoms. The molecule has 3 amide bonds. The average Bonchev–Trinajstić information content (AvgIpc) is 3.84. The first-order valence-corrected chi connectivity index (χ1v) is 18.8. The maximum Gasteiger partial charge on any atom is 0.439 e. The van der Waals surface area contributed by atoms with Gasteiger partial charge in [-0.25, -0.2) is 18.0 Å². The third-order valence-corrected chi connectivity index (χ3v) is 11.7. The number of aromatic amines is 1. The van der Waals surface area contributed by atoms with Gasteiger partial charge < -0.3 is 21.1 Å². The van der Waals surface area contributed by atoms with Crippen LogP contribution in [-0.4, -0.2) is 71.6 Å². The van der Waals surface area contributed by atoms with Gasteiger partial charge in [0.15, 0.2) is 5.82 Å². The van der Waals surface area contributed by atoms with Gasteiger partial charge in [-0.3, -0.25) is 19.1 Å². The van der Waals surface area contributed by atoms with Gasteiger partial charge in [0.2, 0.25) is 21.8 Å². The number of aryl methyl sites for hydroxylation is 1. The molecule has 5 N–H and O–H groups in total. The summed E-state index contributed by atoms with van der Waals surface area (Å²) in [5.74, 6) is -1.30. The van der Waals surface area contributed by atoms with Crippen LogP contribution >= 0.6 is 0 Å². The fourth-order valence-corrected chi connectivity index (χ4v) is 8.45. The van der Waals surface area contributed by atoms with E-state index in [9.17, 15) is 27.6 Å². The van der Waals surface area contributed by atoms with Crippen LogP contribution in [0.15, 0.2) is 80.9 Å². The van der Waals surface area contributed by atoms with E-state index in [4.69, 9.17) is 5.11 Å². The predicted molar refractivity (Wildman–Crippen MR) is 193 cm³/mol. The lowest BCUT2D eigenvalue weighted by atomic mass is 9.81. The predicted octanol–water partition coefficient (Wildman–Crippen LogP) is 4.53. The van der Waals surface area contributed by atoms with Crippen LogP contribution in [0.25, 0.3) is 22.5 Å². The zero-order valence-electron chi connectivity index (χ0n) is 28.8. The SMILES string of the molecule is Cc1ccc(S(=O)(=O)N2CCCC2)cc1-c1cccc(C[C@H](NC(=O)[C@H]2CC[C@H](CNC(=O)O)CC2)C(=O)Nc2ccc(-c3noc(=O)[nH]3)cc2)c1. The fourth-order valence-electron chi connectivity index (χ4n) is 6.91. The van der Waals surface area contributed by atoms with E-state index in [0.717, 1.165) is 35.1 Å². The van der Waals surface area contributed by atoms with Gasteiger partial charge in [0.1, 0.15) is 6.04 Å². The van der Waals surface area contributed by atoms with Crippen LogP contribution in [0.3, 0.4) is 0 Å². The van der Waals surface area contributed by atoms with Crippen LogP contribution in [0.4, 0.5) is 10.5 Å². The highest BCUT2D eigenvalue weighted by molar-refractivity contribution is 7.89. The van der Waals surface area contributed by atoms with E-state index >= 15 is 0 Å². The molecule has 0 unspecified atom stereocenters. The van der Waals surface area contributed by atoms with Crippen molar-refractivity contribution in [2.24, 2.45) is 11.8 Å². The van der Waals surface area contributed by atoms with Crippen molar-refractivity contribution in [1.82, 2.24) is 25.1 Å². The Morgan fingerprint density at radius 1 is 0.981 bits per heavy atom. The average molecular weight is 731 g/mol. The largest absolute Gasteiger partial charge is 0.465 e. The van der Waals surface area contributed by atoms with Gasteiger partial charge in [-0.15, -0.1) is 0 Å². The number of carbonyl (C=O) groups excluding carboxylic acids is 2. The zero-order chi connectivity index (χ0) is 36.8.